The highest BCUT2D eigenvalue weighted by Crippen LogP contribution is 2.34. The molecule has 3 aliphatic rings. The van der Waals surface area contributed by atoms with Crippen molar-refractivity contribution in [2.75, 3.05) is 26.2 Å². The lowest BCUT2D eigenvalue weighted by Gasteiger charge is -2.34. The van der Waals surface area contributed by atoms with Crippen molar-refractivity contribution < 1.29 is 14.4 Å². The number of nitrogens with zero attached hydrogens (tertiary/aromatic N) is 2. The molecule has 1 saturated carbocycles. The van der Waals surface area contributed by atoms with Crippen molar-refractivity contribution in [2.24, 2.45) is 0 Å². The number of urea groups is 1. The third-order valence-electron chi connectivity index (χ3n) is 4.82. The molecule has 2 heterocycles. The fourth-order valence-corrected chi connectivity index (χ4v) is 3.57. The number of amides is 4. The van der Waals surface area contributed by atoms with E-state index < -0.39 is 11.6 Å². The first-order valence-electron chi connectivity index (χ1n) is 7.68. The zero-order chi connectivity index (χ0) is 15.0. The Morgan fingerprint density at radius 2 is 2.00 bits per heavy atom. The van der Waals surface area contributed by atoms with Crippen molar-refractivity contribution in [1.82, 2.24) is 20.4 Å². The van der Waals surface area contributed by atoms with E-state index in [-0.39, 0.29) is 36.8 Å². The Bertz CT molecular complexity index is 479. The largest absolute Gasteiger partial charge is 0.336 e. The van der Waals surface area contributed by atoms with Gasteiger partial charge in [0.15, 0.2) is 0 Å². The fourth-order valence-electron chi connectivity index (χ4n) is 3.57. The maximum Gasteiger partial charge on any atom is 0.325 e. The minimum Gasteiger partial charge on any atom is -0.336 e. The highest BCUT2D eigenvalue weighted by molar-refractivity contribution is 6.09. The van der Waals surface area contributed by atoms with Crippen molar-refractivity contribution in [1.29, 1.82) is 0 Å². The quantitative estimate of drug-likeness (QED) is 0.703. The molecule has 3 fully saturated rings. The lowest BCUT2D eigenvalue weighted by atomic mass is 9.98. The SMILES string of the molecule is C[C@H]1CNCCN1C(=O)CN1C(=O)NC2(CCCC2)C1=O.Cl. The summed E-state index contributed by atoms with van der Waals surface area (Å²) in [5.41, 5.74) is -0.730. The molecule has 124 valence electrons. The molecule has 0 bridgehead atoms. The number of nitrogens with one attached hydrogen (secondary N) is 2. The zero-order valence-electron chi connectivity index (χ0n) is 12.8. The Morgan fingerprint density at radius 3 is 2.64 bits per heavy atom. The van der Waals surface area contributed by atoms with Crippen LogP contribution in [0.5, 0.6) is 0 Å². The molecule has 8 heteroatoms. The smallest absolute Gasteiger partial charge is 0.325 e. The van der Waals surface area contributed by atoms with Crippen molar-refractivity contribution >= 4 is 30.3 Å². The van der Waals surface area contributed by atoms with Gasteiger partial charge in [-0.3, -0.25) is 14.5 Å². The first-order chi connectivity index (χ1) is 10.0. The summed E-state index contributed by atoms with van der Waals surface area (Å²) in [5, 5.41) is 6.02. The minimum absolute atomic E-state index is 0. The van der Waals surface area contributed by atoms with E-state index in [9.17, 15) is 14.4 Å². The highest BCUT2D eigenvalue weighted by Gasteiger charge is 2.52. The Labute approximate surface area is 136 Å². The Balaban J connectivity index is 0.00000176. The summed E-state index contributed by atoms with van der Waals surface area (Å²) < 4.78 is 0. The standard InChI is InChI=1S/C14H22N4O3.ClH/c1-10-8-15-6-7-17(10)11(19)9-18-12(20)14(16-13(18)21)4-2-3-5-14;/h10,15H,2-9H2,1H3,(H,16,21);1H/t10-;/m0./s1. The van der Waals surface area contributed by atoms with Gasteiger partial charge in [-0.15, -0.1) is 12.4 Å². The van der Waals surface area contributed by atoms with E-state index in [0.717, 1.165) is 30.8 Å². The highest BCUT2D eigenvalue weighted by atomic mass is 35.5. The van der Waals surface area contributed by atoms with E-state index in [0.29, 0.717) is 19.4 Å². The zero-order valence-corrected chi connectivity index (χ0v) is 13.6. The third-order valence-corrected chi connectivity index (χ3v) is 4.82. The molecule has 22 heavy (non-hydrogen) atoms. The van der Waals surface area contributed by atoms with Crippen molar-refractivity contribution in [3.05, 3.63) is 0 Å². The first kappa shape index (κ1) is 17.0. The topological polar surface area (TPSA) is 81.8 Å². The van der Waals surface area contributed by atoms with Crippen molar-refractivity contribution in [2.45, 2.75) is 44.2 Å². The molecule has 0 aromatic rings. The molecule has 0 aromatic carbocycles. The number of carbonyl (C=O) groups is 3. The van der Waals surface area contributed by atoms with E-state index in [2.05, 4.69) is 10.6 Å². The summed E-state index contributed by atoms with van der Waals surface area (Å²) in [4.78, 5) is 39.8. The van der Waals surface area contributed by atoms with Crippen LogP contribution in [0.3, 0.4) is 0 Å². The van der Waals surface area contributed by atoms with Crippen LogP contribution in [0, 0.1) is 0 Å². The predicted molar refractivity (Wildman–Crippen MR) is 82.7 cm³/mol. The normalized spacial score (nSPS) is 27.0. The van der Waals surface area contributed by atoms with Crippen LogP contribution in [-0.2, 0) is 9.59 Å². The van der Waals surface area contributed by atoms with Crippen molar-refractivity contribution in [3.63, 3.8) is 0 Å². The van der Waals surface area contributed by atoms with Crippen LogP contribution < -0.4 is 10.6 Å². The van der Waals surface area contributed by atoms with Gasteiger partial charge in [-0.25, -0.2) is 4.79 Å². The fraction of sp³-hybridized carbons (Fsp3) is 0.786. The summed E-state index contributed by atoms with van der Waals surface area (Å²) >= 11 is 0. The van der Waals surface area contributed by atoms with Gasteiger partial charge < -0.3 is 15.5 Å². The van der Waals surface area contributed by atoms with Crippen LogP contribution >= 0.6 is 12.4 Å². The van der Waals surface area contributed by atoms with Gasteiger partial charge in [0.05, 0.1) is 0 Å². The summed E-state index contributed by atoms with van der Waals surface area (Å²) in [5.74, 6) is -0.372. The molecule has 1 spiro atoms. The Kier molecular flexibility index (Phi) is 4.97. The van der Waals surface area contributed by atoms with Gasteiger partial charge in [0.1, 0.15) is 12.1 Å². The van der Waals surface area contributed by atoms with Crippen LogP contribution in [0.15, 0.2) is 0 Å². The van der Waals surface area contributed by atoms with Gasteiger partial charge >= 0.3 is 6.03 Å². The molecule has 0 radical (unpaired) electrons. The number of rotatable bonds is 2. The third kappa shape index (κ3) is 2.79. The van der Waals surface area contributed by atoms with Gasteiger partial charge in [0.2, 0.25) is 5.91 Å². The number of hydrogen-bond acceptors (Lipinski definition) is 4. The molecular weight excluding hydrogens is 308 g/mol. The average Bonchev–Trinajstić information content (AvgIpc) is 3.01. The van der Waals surface area contributed by atoms with Crippen LogP contribution in [0.25, 0.3) is 0 Å². The average molecular weight is 331 g/mol. The molecule has 1 aliphatic carbocycles. The number of halogens is 1. The van der Waals surface area contributed by atoms with E-state index in [1.807, 2.05) is 6.92 Å². The maximum atomic E-state index is 12.5. The van der Waals surface area contributed by atoms with Crippen LogP contribution in [-0.4, -0.2) is 65.4 Å². The molecule has 7 nitrogen and oxygen atoms in total. The Morgan fingerprint density at radius 1 is 1.32 bits per heavy atom. The number of hydrogen-bond donors (Lipinski definition) is 2. The maximum absolute atomic E-state index is 12.5. The predicted octanol–water partition coefficient (Wildman–Crippen LogP) is 0.0931. The van der Waals surface area contributed by atoms with Gasteiger partial charge in [-0.2, -0.15) is 0 Å². The summed E-state index contributed by atoms with van der Waals surface area (Å²) in [6, 6.07) is -0.328. The second-order valence-corrected chi connectivity index (χ2v) is 6.25. The molecule has 2 N–H and O–H groups in total. The minimum atomic E-state index is -0.730. The van der Waals surface area contributed by atoms with E-state index in [4.69, 9.17) is 0 Å². The molecule has 2 saturated heterocycles. The number of piperazine rings is 1. The van der Waals surface area contributed by atoms with E-state index in [1.165, 1.54) is 0 Å². The van der Waals surface area contributed by atoms with Gasteiger partial charge in [0, 0.05) is 25.7 Å². The molecule has 2 aliphatic heterocycles. The van der Waals surface area contributed by atoms with Crippen LogP contribution in [0.1, 0.15) is 32.6 Å². The molecular formula is C14H23ClN4O3. The van der Waals surface area contributed by atoms with E-state index in [1.54, 1.807) is 4.90 Å². The summed E-state index contributed by atoms with van der Waals surface area (Å²) in [6.45, 7) is 3.94. The van der Waals surface area contributed by atoms with Gasteiger partial charge in [-0.05, 0) is 19.8 Å². The number of carbonyl (C=O) groups excluding carboxylic acids is 3. The molecule has 0 unspecified atom stereocenters. The monoisotopic (exact) mass is 330 g/mol. The van der Waals surface area contributed by atoms with Crippen molar-refractivity contribution in [3.8, 4) is 0 Å². The molecule has 4 amide bonds. The van der Waals surface area contributed by atoms with Crippen LogP contribution in [0.2, 0.25) is 0 Å². The molecule has 1 atom stereocenters. The van der Waals surface area contributed by atoms with Gasteiger partial charge in [0.25, 0.3) is 5.91 Å². The van der Waals surface area contributed by atoms with Crippen LogP contribution in [0.4, 0.5) is 4.79 Å². The summed E-state index contributed by atoms with van der Waals surface area (Å²) in [6.07, 6.45) is 3.27. The van der Waals surface area contributed by atoms with Gasteiger partial charge in [-0.1, -0.05) is 12.8 Å². The number of imide groups is 1. The molecule has 3 rings (SSSR count). The first-order valence-corrected chi connectivity index (χ1v) is 7.68. The lowest BCUT2D eigenvalue weighted by Crippen LogP contribution is -2.55. The molecule has 0 aromatic heterocycles. The van der Waals surface area contributed by atoms with E-state index >= 15 is 0 Å². The summed E-state index contributed by atoms with van der Waals surface area (Å²) in [7, 11) is 0. The second-order valence-electron chi connectivity index (χ2n) is 6.25. The second kappa shape index (κ2) is 6.42. The Hall–Kier alpha value is -1.34. The lowest BCUT2D eigenvalue weighted by molar-refractivity contribution is -0.140.